The molecule has 0 radical (unpaired) electrons. The molecule has 2 saturated carbocycles. The van der Waals surface area contributed by atoms with Crippen LogP contribution in [0.1, 0.15) is 43.2 Å². The summed E-state index contributed by atoms with van der Waals surface area (Å²) in [4.78, 5) is 42.2. The molecule has 2 aromatic carbocycles. The highest BCUT2D eigenvalue weighted by Crippen LogP contribution is 2.57. The molecule has 2 aliphatic carbocycles. The molecule has 2 N–H and O–H groups in total. The predicted molar refractivity (Wildman–Crippen MR) is 129 cm³/mol. The van der Waals surface area contributed by atoms with E-state index < -0.39 is 17.0 Å². The summed E-state index contributed by atoms with van der Waals surface area (Å²) in [5.74, 6) is 0.957. The zero-order chi connectivity index (χ0) is 24.6. The first-order valence-electron chi connectivity index (χ1n) is 12.1. The van der Waals surface area contributed by atoms with Gasteiger partial charge in [-0.2, -0.15) is 0 Å². The first-order valence-corrected chi connectivity index (χ1v) is 12.1. The van der Waals surface area contributed by atoms with E-state index >= 15 is 0 Å². The number of primary amides is 1. The predicted octanol–water partition coefficient (Wildman–Crippen LogP) is 3.83. The molecule has 1 spiro atoms. The highest BCUT2D eigenvalue weighted by molar-refractivity contribution is 6.08. The Morgan fingerprint density at radius 3 is 2.31 bits per heavy atom. The van der Waals surface area contributed by atoms with Gasteiger partial charge in [-0.15, -0.1) is 0 Å². The summed E-state index contributed by atoms with van der Waals surface area (Å²) in [5, 5.41) is 0. The van der Waals surface area contributed by atoms with E-state index in [1.54, 1.807) is 12.0 Å². The average Bonchev–Trinajstić information content (AvgIpc) is 3.01. The second-order valence-corrected chi connectivity index (χ2v) is 10.1. The Hall–Kier alpha value is -3.55. The lowest BCUT2D eigenvalue weighted by molar-refractivity contribution is -0.144. The van der Waals surface area contributed by atoms with Crippen molar-refractivity contribution in [2.45, 2.75) is 49.6 Å². The van der Waals surface area contributed by atoms with Gasteiger partial charge >= 0.3 is 12.1 Å². The summed E-state index contributed by atoms with van der Waals surface area (Å²) in [7, 11) is 1.60. The molecule has 184 valence electrons. The molecule has 0 unspecified atom stereocenters. The lowest BCUT2D eigenvalue weighted by atomic mass is 9.54. The van der Waals surface area contributed by atoms with Crippen molar-refractivity contribution in [1.82, 2.24) is 9.80 Å². The number of ether oxygens (including phenoxy) is 2. The molecule has 0 bridgehead atoms. The zero-order valence-corrected chi connectivity index (χ0v) is 19.9. The van der Waals surface area contributed by atoms with Crippen LogP contribution < -0.4 is 10.5 Å². The lowest BCUT2D eigenvalue weighted by Gasteiger charge is -2.56. The van der Waals surface area contributed by atoms with Crippen molar-refractivity contribution in [3.05, 3.63) is 65.7 Å². The van der Waals surface area contributed by atoms with Crippen molar-refractivity contribution in [2.75, 3.05) is 20.3 Å². The minimum Gasteiger partial charge on any atom is -0.497 e. The van der Waals surface area contributed by atoms with Crippen LogP contribution in [0, 0.1) is 5.92 Å². The number of rotatable bonds is 8. The number of carbonyl (C=O) groups is 3. The van der Waals surface area contributed by atoms with Crippen LogP contribution in [0.15, 0.2) is 54.6 Å². The monoisotopic (exact) mass is 477 g/mol. The fourth-order valence-corrected chi connectivity index (χ4v) is 5.82. The van der Waals surface area contributed by atoms with Crippen LogP contribution in [0.25, 0.3) is 0 Å². The number of hydrogen-bond acceptors (Lipinski definition) is 5. The fraction of sp³-hybridized carbons (Fsp3) is 0.444. The van der Waals surface area contributed by atoms with Crippen LogP contribution in [-0.4, -0.2) is 53.6 Å². The molecule has 8 heteroatoms. The molecule has 3 aliphatic rings. The first kappa shape index (κ1) is 23.2. The molecule has 1 heterocycles. The van der Waals surface area contributed by atoms with Gasteiger partial charge in [0.15, 0.2) is 0 Å². The smallest absolute Gasteiger partial charge is 0.404 e. The Kier molecular flexibility index (Phi) is 5.91. The quantitative estimate of drug-likeness (QED) is 0.582. The number of carbonyl (C=O) groups excluding carboxylic acids is 3. The second kappa shape index (κ2) is 8.91. The number of imide groups is 1. The zero-order valence-electron chi connectivity index (χ0n) is 19.9. The SMILES string of the molecule is COc1ccc(CN2C(=O)N(CC3CCC3)C3(CC(COC(N)=O)(c4ccccc4)C3)C2=O)cc1. The van der Waals surface area contributed by atoms with Gasteiger partial charge in [-0.1, -0.05) is 48.9 Å². The third-order valence-corrected chi connectivity index (χ3v) is 7.93. The Morgan fingerprint density at radius 2 is 1.74 bits per heavy atom. The summed E-state index contributed by atoms with van der Waals surface area (Å²) in [6, 6.07) is 16.9. The van der Waals surface area contributed by atoms with Crippen LogP contribution in [-0.2, 0) is 21.5 Å². The maximum atomic E-state index is 13.9. The van der Waals surface area contributed by atoms with E-state index in [4.69, 9.17) is 15.2 Å². The fourth-order valence-electron chi connectivity index (χ4n) is 5.82. The molecule has 0 atom stereocenters. The number of urea groups is 1. The molecule has 8 nitrogen and oxygen atoms in total. The molecule has 5 rings (SSSR count). The van der Waals surface area contributed by atoms with Crippen molar-refractivity contribution in [2.24, 2.45) is 11.7 Å². The van der Waals surface area contributed by atoms with Crippen molar-refractivity contribution in [1.29, 1.82) is 0 Å². The maximum Gasteiger partial charge on any atom is 0.404 e. The Bertz CT molecular complexity index is 1110. The van der Waals surface area contributed by atoms with Crippen LogP contribution in [0.4, 0.5) is 9.59 Å². The van der Waals surface area contributed by atoms with Crippen molar-refractivity contribution in [3.63, 3.8) is 0 Å². The third-order valence-electron chi connectivity index (χ3n) is 7.93. The van der Waals surface area contributed by atoms with Gasteiger partial charge in [0.1, 0.15) is 17.9 Å². The summed E-state index contributed by atoms with van der Waals surface area (Å²) >= 11 is 0. The van der Waals surface area contributed by atoms with Gasteiger partial charge in [-0.3, -0.25) is 9.69 Å². The molecular formula is C27H31N3O5. The molecule has 3 fully saturated rings. The van der Waals surface area contributed by atoms with Crippen LogP contribution in [0.5, 0.6) is 5.75 Å². The van der Waals surface area contributed by atoms with Crippen molar-refractivity contribution < 1.29 is 23.9 Å². The number of nitrogens with zero attached hydrogens (tertiary/aromatic N) is 2. The maximum absolute atomic E-state index is 13.9. The van der Waals surface area contributed by atoms with E-state index in [1.807, 2.05) is 54.6 Å². The van der Waals surface area contributed by atoms with E-state index in [-0.39, 0.29) is 25.1 Å². The van der Waals surface area contributed by atoms with Gasteiger partial charge in [0.25, 0.3) is 5.91 Å². The normalized spacial score (nSPS) is 26.0. The van der Waals surface area contributed by atoms with Gasteiger partial charge in [-0.25, -0.2) is 9.59 Å². The topological polar surface area (TPSA) is 102 Å². The van der Waals surface area contributed by atoms with E-state index in [0.717, 1.165) is 36.1 Å². The molecule has 4 amide bonds. The number of nitrogens with two attached hydrogens (primary N) is 1. The molecule has 0 aromatic heterocycles. The molecule has 35 heavy (non-hydrogen) atoms. The molecule has 1 saturated heterocycles. The Labute approximate surface area is 205 Å². The molecule has 1 aliphatic heterocycles. The Morgan fingerprint density at radius 1 is 1.06 bits per heavy atom. The van der Waals surface area contributed by atoms with Gasteiger partial charge in [0, 0.05) is 12.0 Å². The van der Waals surface area contributed by atoms with Crippen molar-refractivity contribution >= 4 is 18.0 Å². The number of amides is 4. The third kappa shape index (κ3) is 4.00. The van der Waals surface area contributed by atoms with E-state index in [2.05, 4.69) is 0 Å². The van der Waals surface area contributed by atoms with Gasteiger partial charge in [0.05, 0.1) is 13.7 Å². The first-order chi connectivity index (χ1) is 16.9. The number of hydrogen-bond donors (Lipinski definition) is 1. The molecular weight excluding hydrogens is 446 g/mol. The van der Waals surface area contributed by atoms with E-state index in [0.29, 0.717) is 25.3 Å². The molecule has 2 aromatic rings. The lowest BCUT2D eigenvalue weighted by Crippen LogP contribution is -2.67. The van der Waals surface area contributed by atoms with E-state index in [1.165, 1.54) is 4.90 Å². The highest BCUT2D eigenvalue weighted by Gasteiger charge is 2.69. The minimum atomic E-state index is -0.935. The van der Waals surface area contributed by atoms with Crippen LogP contribution >= 0.6 is 0 Å². The van der Waals surface area contributed by atoms with Crippen LogP contribution in [0.3, 0.4) is 0 Å². The Balaban J connectivity index is 1.44. The number of benzene rings is 2. The minimum absolute atomic E-state index is 0.0747. The van der Waals surface area contributed by atoms with Crippen LogP contribution in [0.2, 0.25) is 0 Å². The van der Waals surface area contributed by atoms with E-state index in [9.17, 15) is 14.4 Å². The summed E-state index contributed by atoms with van der Waals surface area (Å²) in [5.41, 5.74) is 5.62. The van der Waals surface area contributed by atoms with Gasteiger partial charge in [0.2, 0.25) is 0 Å². The summed E-state index contributed by atoms with van der Waals surface area (Å²) < 4.78 is 10.5. The largest absolute Gasteiger partial charge is 0.497 e. The standard InChI is InChI=1S/C27H31N3O5/c1-34-22-12-10-20(11-13-22)14-29-23(31)27(30(25(29)33)15-19-6-5-7-19)16-26(17-27,18-35-24(28)32)21-8-3-2-4-9-21/h2-4,8-13,19H,5-7,14-18H2,1H3,(H2,28,32). The second-order valence-electron chi connectivity index (χ2n) is 10.1. The van der Waals surface area contributed by atoms with Crippen molar-refractivity contribution in [3.8, 4) is 5.75 Å². The number of methoxy groups -OCH3 is 1. The van der Waals surface area contributed by atoms with Gasteiger partial charge < -0.3 is 20.1 Å². The highest BCUT2D eigenvalue weighted by atomic mass is 16.5. The summed E-state index contributed by atoms with van der Waals surface area (Å²) in [6.07, 6.45) is 3.25. The van der Waals surface area contributed by atoms with Gasteiger partial charge in [-0.05, 0) is 54.9 Å². The average molecular weight is 478 g/mol. The summed E-state index contributed by atoms with van der Waals surface area (Å²) in [6.45, 7) is 0.858.